The minimum Gasteiger partial charge on any atom is -0.472 e. The first kappa shape index (κ1) is 14.7. The van der Waals surface area contributed by atoms with Gasteiger partial charge in [-0.15, -0.1) is 0 Å². The van der Waals surface area contributed by atoms with Crippen molar-refractivity contribution in [3.63, 3.8) is 0 Å². The van der Waals surface area contributed by atoms with Crippen LogP contribution in [0.5, 0.6) is 0 Å². The van der Waals surface area contributed by atoms with Crippen LogP contribution in [0.3, 0.4) is 0 Å². The van der Waals surface area contributed by atoms with Gasteiger partial charge in [-0.1, -0.05) is 17.7 Å². The quantitative estimate of drug-likeness (QED) is 0.541. The lowest BCUT2D eigenvalue weighted by atomic mass is 10.1. The Morgan fingerprint density at radius 2 is 1.92 bits per heavy atom. The second-order valence-corrected chi connectivity index (χ2v) is 5.63. The minimum absolute atomic E-state index is 0.0532. The zero-order valence-corrected chi connectivity index (χ0v) is 13.1. The summed E-state index contributed by atoms with van der Waals surface area (Å²) in [6.07, 6.45) is 4.78. The highest BCUT2D eigenvalue weighted by Crippen LogP contribution is 2.29. The molecule has 2 aromatic carbocycles. The number of aromatic nitrogens is 2. The van der Waals surface area contributed by atoms with E-state index in [1.54, 1.807) is 18.6 Å². The smallest absolute Gasteiger partial charge is 0.141 e. The number of benzene rings is 2. The average molecular weight is 340 g/mol. The van der Waals surface area contributed by atoms with Gasteiger partial charge < -0.3 is 9.73 Å². The lowest BCUT2D eigenvalue weighted by Gasteiger charge is -2.10. The Morgan fingerprint density at radius 3 is 2.71 bits per heavy atom. The van der Waals surface area contributed by atoms with E-state index in [1.807, 2.05) is 24.3 Å². The molecule has 0 spiro atoms. The molecule has 118 valence electrons. The molecule has 0 bridgehead atoms. The van der Waals surface area contributed by atoms with Gasteiger partial charge in [-0.2, -0.15) is 0 Å². The summed E-state index contributed by atoms with van der Waals surface area (Å²) < 4.78 is 18.4. The second kappa shape index (κ2) is 5.94. The van der Waals surface area contributed by atoms with Crippen LogP contribution >= 0.6 is 11.6 Å². The normalized spacial score (nSPS) is 10.9. The first-order chi connectivity index (χ1) is 11.7. The van der Waals surface area contributed by atoms with Crippen molar-refractivity contribution in [1.29, 1.82) is 0 Å². The summed E-state index contributed by atoms with van der Waals surface area (Å²) in [6.45, 7) is 0. The number of fused-ring (bicyclic) bond motifs is 1. The van der Waals surface area contributed by atoms with Crippen LogP contribution in [0.25, 0.3) is 22.0 Å². The lowest BCUT2D eigenvalue weighted by molar-refractivity contribution is 0.568. The van der Waals surface area contributed by atoms with Crippen molar-refractivity contribution in [2.75, 3.05) is 5.32 Å². The molecule has 6 heteroatoms. The molecule has 4 rings (SSSR count). The fourth-order valence-electron chi connectivity index (χ4n) is 2.48. The van der Waals surface area contributed by atoms with Gasteiger partial charge in [-0.05, 0) is 42.0 Å². The van der Waals surface area contributed by atoms with Gasteiger partial charge >= 0.3 is 0 Å². The zero-order chi connectivity index (χ0) is 16.5. The molecule has 0 saturated carbocycles. The van der Waals surface area contributed by atoms with Crippen LogP contribution in [0.1, 0.15) is 0 Å². The molecule has 24 heavy (non-hydrogen) atoms. The molecule has 0 atom stereocenters. The van der Waals surface area contributed by atoms with Crippen molar-refractivity contribution in [2.24, 2.45) is 0 Å². The molecule has 2 aromatic heterocycles. The van der Waals surface area contributed by atoms with Crippen LogP contribution in [-0.4, -0.2) is 9.97 Å². The molecule has 4 nitrogen and oxygen atoms in total. The number of furan rings is 1. The van der Waals surface area contributed by atoms with Gasteiger partial charge in [-0.25, -0.2) is 14.4 Å². The van der Waals surface area contributed by atoms with Gasteiger partial charge in [0.25, 0.3) is 0 Å². The molecular weight excluding hydrogens is 329 g/mol. The summed E-state index contributed by atoms with van der Waals surface area (Å²) in [4.78, 5) is 8.57. The SMILES string of the molecule is Fc1ccc(Nc2ncnc3ccc(-c4ccoc4)cc23)cc1Cl. The maximum atomic E-state index is 13.3. The maximum absolute atomic E-state index is 13.3. The largest absolute Gasteiger partial charge is 0.472 e. The van der Waals surface area contributed by atoms with E-state index in [4.69, 9.17) is 16.0 Å². The van der Waals surface area contributed by atoms with Gasteiger partial charge in [0.05, 0.1) is 23.1 Å². The Kier molecular flexibility index (Phi) is 3.63. The fraction of sp³-hybridized carbons (Fsp3) is 0. The van der Waals surface area contributed by atoms with E-state index in [-0.39, 0.29) is 5.02 Å². The number of nitrogens with one attached hydrogen (secondary N) is 1. The summed E-state index contributed by atoms with van der Waals surface area (Å²) in [5, 5.41) is 4.06. The Bertz CT molecular complexity index is 1020. The molecule has 1 N–H and O–H groups in total. The van der Waals surface area contributed by atoms with Gasteiger partial charge in [0.1, 0.15) is 18.0 Å². The van der Waals surface area contributed by atoms with E-state index in [9.17, 15) is 4.39 Å². The Balaban J connectivity index is 1.79. The standard InChI is InChI=1S/C18H11ClFN3O/c19-15-8-13(2-3-16(15)20)23-18-14-7-11(12-5-6-24-9-12)1-4-17(14)21-10-22-18/h1-10H,(H,21,22,23). The molecule has 0 amide bonds. The first-order valence-electron chi connectivity index (χ1n) is 7.20. The monoisotopic (exact) mass is 339 g/mol. The third kappa shape index (κ3) is 2.70. The number of halogens is 2. The summed E-state index contributed by atoms with van der Waals surface area (Å²) in [5.74, 6) is 0.157. The maximum Gasteiger partial charge on any atom is 0.141 e. The van der Waals surface area contributed by atoms with E-state index in [1.165, 1.54) is 18.5 Å². The number of rotatable bonds is 3. The van der Waals surface area contributed by atoms with Gasteiger partial charge in [0, 0.05) is 16.6 Å². The highest BCUT2D eigenvalue weighted by atomic mass is 35.5. The predicted octanol–water partition coefficient (Wildman–Crippen LogP) is 5.43. The van der Waals surface area contributed by atoms with Crippen LogP contribution in [0, 0.1) is 5.82 Å². The molecule has 0 saturated heterocycles. The van der Waals surface area contributed by atoms with E-state index >= 15 is 0 Å². The highest BCUT2D eigenvalue weighted by molar-refractivity contribution is 6.31. The Hall–Kier alpha value is -2.92. The lowest BCUT2D eigenvalue weighted by Crippen LogP contribution is -1.96. The predicted molar refractivity (Wildman–Crippen MR) is 91.9 cm³/mol. The minimum atomic E-state index is -0.461. The van der Waals surface area contributed by atoms with Crippen LogP contribution in [0.4, 0.5) is 15.9 Å². The van der Waals surface area contributed by atoms with Crippen molar-refractivity contribution in [1.82, 2.24) is 9.97 Å². The van der Waals surface area contributed by atoms with E-state index in [0.29, 0.717) is 11.5 Å². The first-order valence-corrected chi connectivity index (χ1v) is 7.58. The summed E-state index contributed by atoms with van der Waals surface area (Å²) in [6, 6.07) is 12.2. The Morgan fingerprint density at radius 1 is 1.00 bits per heavy atom. The van der Waals surface area contributed by atoms with E-state index in [0.717, 1.165) is 22.0 Å². The number of hydrogen-bond donors (Lipinski definition) is 1. The number of anilines is 2. The third-order valence-corrected chi connectivity index (χ3v) is 3.96. The molecular formula is C18H11ClFN3O. The number of nitrogens with zero attached hydrogens (tertiary/aromatic N) is 2. The molecule has 0 aliphatic rings. The van der Waals surface area contributed by atoms with E-state index in [2.05, 4.69) is 15.3 Å². The average Bonchev–Trinajstić information content (AvgIpc) is 3.13. The topological polar surface area (TPSA) is 51.0 Å². The molecule has 0 fully saturated rings. The van der Waals surface area contributed by atoms with Crippen molar-refractivity contribution in [3.8, 4) is 11.1 Å². The summed E-state index contributed by atoms with van der Waals surface area (Å²) >= 11 is 5.83. The summed E-state index contributed by atoms with van der Waals surface area (Å²) in [5.41, 5.74) is 3.41. The molecule has 2 heterocycles. The van der Waals surface area contributed by atoms with Gasteiger partial charge in [-0.3, -0.25) is 0 Å². The molecule has 4 aromatic rings. The number of hydrogen-bond acceptors (Lipinski definition) is 4. The van der Waals surface area contributed by atoms with Crippen molar-refractivity contribution in [3.05, 3.63) is 72.2 Å². The van der Waals surface area contributed by atoms with Gasteiger partial charge in [0.15, 0.2) is 0 Å². The highest BCUT2D eigenvalue weighted by Gasteiger charge is 2.08. The molecule has 0 unspecified atom stereocenters. The van der Waals surface area contributed by atoms with Crippen molar-refractivity contribution < 1.29 is 8.81 Å². The fourth-order valence-corrected chi connectivity index (χ4v) is 2.66. The van der Waals surface area contributed by atoms with Crippen LogP contribution in [0.2, 0.25) is 5.02 Å². The zero-order valence-electron chi connectivity index (χ0n) is 12.3. The van der Waals surface area contributed by atoms with E-state index < -0.39 is 5.82 Å². The van der Waals surface area contributed by atoms with Crippen molar-refractivity contribution >= 4 is 34.0 Å². The van der Waals surface area contributed by atoms with Crippen LogP contribution < -0.4 is 5.32 Å². The van der Waals surface area contributed by atoms with Crippen LogP contribution in [0.15, 0.2) is 65.7 Å². The second-order valence-electron chi connectivity index (χ2n) is 5.22. The molecule has 0 aliphatic carbocycles. The van der Waals surface area contributed by atoms with Crippen LogP contribution in [-0.2, 0) is 0 Å². The van der Waals surface area contributed by atoms with Gasteiger partial charge in [0.2, 0.25) is 0 Å². The summed E-state index contributed by atoms with van der Waals surface area (Å²) in [7, 11) is 0. The third-order valence-electron chi connectivity index (χ3n) is 3.67. The van der Waals surface area contributed by atoms with Crippen molar-refractivity contribution in [2.45, 2.75) is 0 Å². The Labute approximate surface area is 141 Å². The molecule has 0 aliphatic heterocycles. The molecule has 0 radical (unpaired) electrons.